The Bertz CT molecular complexity index is 1480. The number of rotatable bonds is 5. The van der Waals surface area contributed by atoms with Gasteiger partial charge in [0, 0.05) is 23.7 Å². The topological polar surface area (TPSA) is 96.9 Å². The maximum absolute atomic E-state index is 15.1. The van der Waals surface area contributed by atoms with Gasteiger partial charge in [0.05, 0.1) is 36.5 Å². The lowest BCUT2D eigenvalue weighted by Crippen LogP contribution is -2.60. The summed E-state index contributed by atoms with van der Waals surface area (Å²) in [7, 11) is 0. The highest BCUT2D eigenvalue weighted by atomic mass is 32.1. The fourth-order valence-corrected chi connectivity index (χ4v) is 5.69. The van der Waals surface area contributed by atoms with Crippen LogP contribution in [0.15, 0.2) is 55.1 Å². The smallest absolute Gasteiger partial charge is 0.266 e. The molecule has 0 aliphatic carbocycles. The normalized spacial score (nSPS) is 19.5. The molecule has 0 N–H and O–H groups in total. The minimum absolute atomic E-state index is 0.0681. The van der Waals surface area contributed by atoms with E-state index in [4.69, 9.17) is 10.00 Å². The van der Waals surface area contributed by atoms with Crippen LogP contribution in [0.1, 0.15) is 33.4 Å². The number of nitriles is 1. The Labute approximate surface area is 215 Å². The SMILES string of the molecule is Cc1nc(-c2ccc(C#N)cc2)sc1C(=O)N1CCO[C@@](Cn2cncn2)(c2ccc(F)cc2F)[C@H]1C. The standard InChI is InChI=1S/C26H22F2N6O2S/c1-16-23(37-24(32-16)19-5-3-18(12-29)4-6-19)25(35)34-9-10-36-26(17(34)2,13-33-15-30-14-31-33)21-8-7-20(27)11-22(21)28/h3-8,11,14-15,17H,9-10,13H2,1-2H3/t17-,26-/m1/s1. The first-order chi connectivity index (χ1) is 17.8. The molecule has 2 atom stereocenters. The molecule has 2 aromatic carbocycles. The summed E-state index contributed by atoms with van der Waals surface area (Å²) in [5.74, 6) is -1.72. The second kappa shape index (κ2) is 9.80. The van der Waals surface area contributed by atoms with E-state index in [-0.39, 0.29) is 31.2 Å². The summed E-state index contributed by atoms with van der Waals surface area (Å²) in [5.41, 5.74) is 0.701. The van der Waals surface area contributed by atoms with Crippen molar-refractivity contribution < 1.29 is 18.3 Å². The molecule has 188 valence electrons. The molecule has 0 bridgehead atoms. The molecule has 11 heteroatoms. The van der Waals surface area contributed by atoms with Gasteiger partial charge in [-0.3, -0.25) is 4.79 Å². The van der Waals surface area contributed by atoms with Crippen LogP contribution in [0, 0.1) is 29.9 Å². The number of ether oxygens (including phenoxy) is 1. The van der Waals surface area contributed by atoms with Crippen LogP contribution in [0.25, 0.3) is 10.6 Å². The molecule has 1 aliphatic heterocycles. The van der Waals surface area contributed by atoms with Crippen LogP contribution >= 0.6 is 11.3 Å². The van der Waals surface area contributed by atoms with Crippen molar-refractivity contribution in [3.05, 3.63) is 88.5 Å². The molecule has 1 amide bonds. The molecule has 1 saturated heterocycles. The van der Waals surface area contributed by atoms with E-state index >= 15 is 4.39 Å². The average Bonchev–Trinajstić information content (AvgIpc) is 3.54. The van der Waals surface area contributed by atoms with Crippen molar-refractivity contribution in [2.75, 3.05) is 13.2 Å². The van der Waals surface area contributed by atoms with Crippen LogP contribution in [0.2, 0.25) is 0 Å². The Morgan fingerprint density at radius 2 is 2.05 bits per heavy atom. The highest BCUT2D eigenvalue weighted by Crippen LogP contribution is 2.40. The summed E-state index contributed by atoms with van der Waals surface area (Å²) < 4.78 is 36.6. The molecule has 0 radical (unpaired) electrons. The Hall–Kier alpha value is -4.01. The molecule has 0 unspecified atom stereocenters. The van der Waals surface area contributed by atoms with E-state index in [0.29, 0.717) is 21.1 Å². The lowest BCUT2D eigenvalue weighted by atomic mass is 9.84. The molecule has 3 heterocycles. The zero-order valence-corrected chi connectivity index (χ0v) is 20.9. The third kappa shape index (κ3) is 4.50. The van der Waals surface area contributed by atoms with Crippen molar-refractivity contribution in [2.24, 2.45) is 0 Å². The second-order valence-corrected chi connectivity index (χ2v) is 9.75. The van der Waals surface area contributed by atoms with E-state index in [2.05, 4.69) is 21.1 Å². The first kappa shape index (κ1) is 24.7. The highest BCUT2D eigenvalue weighted by Gasteiger charge is 2.49. The summed E-state index contributed by atoms with van der Waals surface area (Å²) in [6.45, 7) is 4.05. The van der Waals surface area contributed by atoms with Gasteiger partial charge in [-0.1, -0.05) is 18.2 Å². The number of aromatic nitrogens is 4. The number of benzene rings is 2. The molecular weight excluding hydrogens is 498 g/mol. The van der Waals surface area contributed by atoms with E-state index in [1.54, 1.807) is 43.0 Å². The van der Waals surface area contributed by atoms with Crippen molar-refractivity contribution in [1.29, 1.82) is 5.26 Å². The first-order valence-electron chi connectivity index (χ1n) is 11.5. The predicted molar refractivity (Wildman–Crippen MR) is 132 cm³/mol. The van der Waals surface area contributed by atoms with Gasteiger partial charge in [-0.15, -0.1) is 11.3 Å². The van der Waals surface area contributed by atoms with E-state index in [1.165, 1.54) is 40.8 Å². The second-order valence-electron chi connectivity index (χ2n) is 8.75. The summed E-state index contributed by atoms with van der Waals surface area (Å²) in [5, 5.41) is 13.9. The number of nitrogens with zero attached hydrogens (tertiary/aromatic N) is 6. The number of morpholine rings is 1. The maximum Gasteiger partial charge on any atom is 0.266 e. The van der Waals surface area contributed by atoms with Gasteiger partial charge in [0.1, 0.15) is 39.8 Å². The monoisotopic (exact) mass is 520 g/mol. The number of carbonyl (C=O) groups excluding carboxylic acids is 1. The van der Waals surface area contributed by atoms with Crippen LogP contribution < -0.4 is 0 Å². The van der Waals surface area contributed by atoms with Crippen LogP contribution in [0.4, 0.5) is 8.78 Å². The van der Waals surface area contributed by atoms with Gasteiger partial charge >= 0.3 is 0 Å². The third-order valence-corrected chi connectivity index (χ3v) is 7.79. The quantitative estimate of drug-likeness (QED) is 0.389. The van der Waals surface area contributed by atoms with E-state index < -0.39 is 23.3 Å². The van der Waals surface area contributed by atoms with E-state index in [9.17, 15) is 9.18 Å². The number of hydrogen-bond donors (Lipinski definition) is 0. The Morgan fingerprint density at radius 1 is 1.27 bits per heavy atom. The summed E-state index contributed by atoms with van der Waals surface area (Å²) >= 11 is 1.26. The minimum atomic E-state index is -1.34. The van der Waals surface area contributed by atoms with Gasteiger partial charge in [0.25, 0.3) is 5.91 Å². The van der Waals surface area contributed by atoms with Gasteiger partial charge in [0.2, 0.25) is 0 Å². The molecule has 5 rings (SSSR count). The van der Waals surface area contributed by atoms with Gasteiger partial charge in [-0.05, 0) is 32.0 Å². The molecule has 0 saturated carbocycles. The third-order valence-electron chi connectivity index (χ3n) is 6.60. The molecular formula is C26H22F2N6O2S. The fraction of sp³-hybridized carbons (Fsp3) is 0.269. The van der Waals surface area contributed by atoms with Gasteiger partial charge < -0.3 is 9.64 Å². The summed E-state index contributed by atoms with van der Waals surface area (Å²) in [6.07, 6.45) is 2.84. The minimum Gasteiger partial charge on any atom is -0.364 e. The molecule has 0 spiro atoms. The van der Waals surface area contributed by atoms with E-state index in [0.717, 1.165) is 11.6 Å². The number of carbonyl (C=O) groups is 1. The largest absolute Gasteiger partial charge is 0.364 e. The summed E-state index contributed by atoms with van der Waals surface area (Å²) in [6, 6.07) is 11.8. The Morgan fingerprint density at radius 3 is 2.73 bits per heavy atom. The zero-order chi connectivity index (χ0) is 26.2. The average molecular weight is 521 g/mol. The number of hydrogen-bond acceptors (Lipinski definition) is 7. The number of halogens is 2. The van der Waals surface area contributed by atoms with E-state index in [1.807, 2.05) is 0 Å². The predicted octanol–water partition coefficient (Wildman–Crippen LogP) is 4.32. The van der Waals surface area contributed by atoms with Crippen molar-refractivity contribution in [3.63, 3.8) is 0 Å². The lowest BCUT2D eigenvalue weighted by Gasteiger charge is -2.48. The molecule has 1 aliphatic rings. The van der Waals surface area contributed by atoms with Crippen molar-refractivity contribution in [2.45, 2.75) is 32.0 Å². The molecule has 1 fully saturated rings. The maximum atomic E-state index is 15.1. The highest BCUT2D eigenvalue weighted by molar-refractivity contribution is 7.17. The van der Waals surface area contributed by atoms with Crippen LogP contribution in [-0.2, 0) is 16.9 Å². The Kier molecular flexibility index (Phi) is 6.54. The lowest BCUT2D eigenvalue weighted by molar-refractivity contribution is -0.149. The fourth-order valence-electron chi connectivity index (χ4n) is 4.66. The molecule has 8 nitrogen and oxygen atoms in total. The van der Waals surface area contributed by atoms with Crippen molar-refractivity contribution in [1.82, 2.24) is 24.6 Å². The van der Waals surface area contributed by atoms with Gasteiger partial charge in [-0.25, -0.2) is 23.4 Å². The van der Waals surface area contributed by atoms with Gasteiger partial charge in [0.15, 0.2) is 0 Å². The van der Waals surface area contributed by atoms with Crippen molar-refractivity contribution in [3.8, 4) is 16.6 Å². The van der Waals surface area contributed by atoms with Crippen LogP contribution in [0.5, 0.6) is 0 Å². The number of amides is 1. The first-order valence-corrected chi connectivity index (χ1v) is 12.3. The van der Waals surface area contributed by atoms with Gasteiger partial charge in [-0.2, -0.15) is 10.4 Å². The van der Waals surface area contributed by atoms with Crippen molar-refractivity contribution >= 4 is 17.2 Å². The molecule has 2 aromatic heterocycles. The molecule has 37 heavy (non-hydrogen) atoms. The summed E-state index contributed by atoms with van der Waals surface area (Å²) in [4.78, 5) is 24.5. The Balaban J connectivity index is 1.51. The van der Waals surface area contributed by atoms with Crippen LogP contribution in [-0.4, -0.2) is 49.7 Å². The number of thiazole rings is 1. The molecule has 4 aromatic rings. The zero-order valence-electron chi connectivity index (χ0n) is 20.1. The number of aryl methyl sites for hydroxylation is 1. The van der Waals surface area contributed by atoms with Crippen LogP contribution in [0.3, 0.4) is 0 Å².